The van der Waals surface area contributed by atoms with Gasteiger partial charge in [0.25, 0.3) is 5.91 Å². The fraction of sp³-hybridized carbons (Fsp3) is 0.405. The molecule has 1 aliphatic heterocycles. The van der Waals surface area contributed by atoms with Crippen LogP contribution in [0.5, 0.6) is 0 Å². The fourth-order valence-electron chi connectivity index (χ4n) is 7.69. The number of hydrogen-bond donors (Lipinski definition) is 2. The van der Waals surface area contributed by atoms with Crippen LogP contribution in [-0.2, 0) is 27.3 Å². The highest BCUT2D eigenvalue weighted by atomic mass is 16.5. The van der Waals surface area contributed by atoms with Gasteiger partial charge in [-0.25, -0.2) is 9.78 Å². The number of rotatable bonds is 7. The summed E-state index contributed by atoms with van der Waals surface area (Å²) in [5, 5.41) is 7.37. The number of esters is 1. The number of hydrogen-bond acceptors (Lipinski definition) is 6. The molecule has 7 rings (SSSR count). The average molecular weight is 621 g/mol. The maximum Gasteiger partial charge on any atom is 0.330 e. The number of anilines is 1. The number of aromatic nitrogens is 2. The zero-order chi connectivity index (χ0) is 31.7. The van der Waals surface area contributed by atoms with E-state index in [-0.39, 0.29) is 11.8 Å². The highest BCUT2D eigenvalue weighted by molar-refractivity contribution is 6.06. The van der Waals surface area contributed by atoms with E-state index in [1.54, 1.807) is 24.6 Å². The van der Waals surface area contributed by atoms with Crippen LogP contribution in [-0.4, -0.2) is 40.0 Å². The molecule has 0 atom stereocenters. The number of carbonyl (C=O) groups is 3. The summed E-state index contributed by atoms with van der Waals surface area (Å²) in [5.41, 5.74) is 5.47. The molecule has 3 aliphatic rings. The number of fused-ring (bicyclic) bond motifs is 5. The van der Waals surface area contributed by atoms with Gasteiger partial charge in [0.15, 0.2) is 6.39 Å². The van der Waals surface area contributed by atoms with Crippen molar-refractivity contribution in [2.45, 2.75) is 88.6 Å². The van der Waals surface area contributed by atoms with E-state index in [1.807, 2.05) is 24.3 Å². The van der Waals surface area contributed by atoms with Crippen molar-refractivity contribution in [1.29, 1.82) is 0 Å². The average Bonchev–Trinajstić information content (AvgIpc) is 3.80. The van der Waals surface area contributed by atoms with Crippen LogP contribution in [0.2, 0.25) is 0 Å². The molecule has 0 radical (unpaired) electrons. The summed E-state index contributed by atoms with van der Waals surface area (Å²) in [6.07, 6.45) is 15.3. The standard InChI is InChI=1S/C37H40N4O5/c1-45-31(42)18-13-24-11-15-27(16-12-24)39-36(44)37(19-5-6-20-37)40-35(43)26-14-17-28-29(22-26)41-21-7-10-30-33(38-23-46-30)34(41)32(28)25-8-3-2-4-9-25/h11-18,22-23,25H,2-10,19-21H2,1H3,(H,39,44)(H,40,43)/b18-13+. The topological polar surface area (TPSA) is 115 Å². The minimum Gasteiger partial charge on any atom is -0.466 e. The van der Waals surface area contributed by atoms with E-state index < -0.39 is 11.5 Å². The molecule has 3 heterocycles. The molecule has 2 aromatic heterocycles. The Labute approximate surface area is 268 Å². The largest absolute Gasteiger partial charge is 0.466 e. The maximum absolute atomic E-state index is 13.9. The van der Waals surface area contributed by atoms with E-state index in [0.717, 1.165) is 73.3 Å². The summed E-state index contributed by atoms with van der Waals surface area (Å²) in [7, 11) is 1.33. The van der Waals surface area contributed by atoms with Gasteiger partial charge in [0, 0.05) is 41.2 Å². The van der Waals surface area contributed by atoms with Gasteiger partial charge in [0.1, 0.15) is 17.0 Å². The molecular formula is C37H40N4O5. The third-order valence-electron chi connectivity index (χ3n) is 10.1. The molecule has 0 saturated heterocycles. The maximum atomic E-state index is 13.9. The molecule has 0 bridgehead atoms. The second kappa shape index (κ2) is 12.6. The molecule has 46 heavy (non-hydrogen) atoms. The Hall–Kier alpha value is -4.66. The van der Waals surface area contributed by atoms with Crippen molar-refractivity contribution in [3.8, 4) is 11.4 Å². The minimum absolute atomic E-state index is 0.216. The molecule has 4 aromatic rings. The molecule has 0 unspecified atom stereocenters. The van der Waals surface area contributed by atoms with Gasteiger partial charge in [0.05, 0.1) is 12.8 Å². The lowest BCUT2D eigenvalue weighted by molar-refractivity contribution is -0.134. The number of carbonyl (C=O) groups excluding carboxylic acids is 3. The number of nitrogens with zero attached hydrogens (tertiary/aromatic N) is 2. The second-order valence-corrected chi connectivity index (χ2v) is 12.9. The number of oxazole rings is 1. The van der Waals surface area contributed by atoms with E-state index >= 15 is 0 Å². The van der Waals surface area contributed by atoms with Gasteiger partial charge in [-0.15, -0.1) is 0 Å². The fourth-order valence-corrected chi connectivity index (χ4v) is 7.69. The van der Waals surface area contributed by atoms with Crippen LogP contribution >= 0.6 is 0 Å². The third-order valence-corrected chi connectivity index (χ3v) is 10.1. The van der Waals surface area contributed by atoms with Gasteiger partial charge in [-0.3, -0.25) is 9.59 Å². The first-order chi connectivity index (χ1) is 22.5. The second-order valence-electron chi connectivity index (χ2n) is 12.9. The first kappa shape index (κ1) is 30.0. The van der Waals surface area contributed by atoms with Crippen molar-refractivity contribution in [3.05, 3.63) is 77.4 Å². The molecule has 2 N–H and O–H groups in total. The van der Waals surface area contributed by atoms with E-state index in [2.05, 4.69) is 31.0 Å². The van der Waals surface area contributed by atoms with E-state index in [1.165, 1.54) is 43.4 Å². The lowest BCUT2D eigenvalue weighted by Crippen LogP contribution is -2.55. The Bertz CT molecular complexity index is 1800. The quantitative estimate of drug-likeness (QED) is 0.167. The highest BCUT2D eigenvalue weighted by Crippen LogP contribution is 2.46. The van der Waals surface area contributed by atoms with E-state index in [0.29, 0.717) is 30.0 Å². The Balaban J connectivity index is 1.16. The number of amides is 2. The lowest BCUT2D eigenvalue weighted by Gasteiger charge is -2.29. The van der Waals surface area contributed by atoms with Crippen molar-refractivity contribution in [2.24, 2.45) is 0 Å². The monoisotopic (exact) mass is 620 g/mol. The predicted octanol–water partition coefficient (Wildman–Crippen LogP) is 7.16. The van der Waals surface area contributed by atoms with Gasteiger partial charge < -0.3 is 24.4 Å². The first-order valence-corrected chi connectivity index (χ1v) is 16.5. The van der Waals surface area contributed by atoms with Crippen LogP contribution in [0.15, 0.2) is 59.4 Å². The van der Waals surface area contributed by atoms with Crippen LogP contribution in [0.4, 0.5) is 5.69 Å². The summed E-state index contributed by atoms with van der Waals surface area (Å²) in [5.74, 6) is 0.507. The molecule has 2 fully saturated rings. The number of benzene rings is 2. The highest BCUT2D eigenvalue weighted by Gasteiger charge is 2.43. The molecular weight excluding hydrogens is 580 g/mol. The van der Waals surface area contributed by atoms with Crippen molar-refractivity contribution < 1.29 is 23.5 Å². The van der Waals surface area contributed by atoms with Gasteiger partial charge in [-0.1, -0.05) is 50.3 Å². The molecule has 2 aliphatic carbocycles. The first-order valence-electron chi connectivity index (χ1n) is 16.5. The summed E-state index contributed by atoms with van der Waals surface area (Å²) >= 11 is 0. The van der Waals surface area contributed by atoms with Crippen LogP contribution < -0.4 is 10.6 Å². The van der Waals surface area contributed by atoms with Gasteiger partial charge in [-0.2, -0.15) is 0 Å². The number of nitrogens with one attached hydrogen (secondary N) is 2. The zero-order valence-corrected chi connectivity index (χ0v) is 26.3. The van der Waals surface area contributed by atoms with Crippen molar-refractivity contribution in [2.75, 3.05) is 12.4 Å². The number of aryl methyl sites for hydroxylation is 2. The predicted molar refractivity (Wildman–Crippen MR) is 176 cm³/mol. The molecule has 238 valence electrons. The Morgan fingerprint density at radius 1 is 1.00 bits per heavy atom. The van der Waals surface area contributed by atoms with Crippen molar-refractivity contribution in [3.63, 3.8) is 0 Å². The zero-order valence-electron chi connectivity index (χ0n) is 26.3. The van der Waals surface area contributed by atoms with Crippen molar-refractivity contribution >= 4 is 40.4 Å². The Kier molecular flexibility index (Phi) is 8.23. The summed E-state index contributed by atoms with van der Waals surface area (Å²) in [6.45, 7) is 0.832. The number of methoxy groups -OCH3 is 1. The summed E-state index contributed by atoms with van der Waals surface area (Å²) < 4.78 is 12.8. The Morgan fingerprint density at radius 2 is 1.78 bits per heavy atom. The Morgan fingerprint density at radius 3 is 2.54 bits per heavy atom. The molecule has 9 nitrogen and oxygen atoms in total. The smallest absolute Gasteiger partial charge is 0.330 e. The molecule has 9 heteroatoms. The molecule has 2 saturated carbocycles. The van der Waals surface area contributed by atoms with E-state index in [9.17, 15) is 14.4 Å². The van der Waals surface area contributed by atoms with Crippen LogP contribution in [0, 0.1) is 0 Å². The van der Waals surface area contributed by atoms with Crippen LogP contribution in [0.25, 0.3) is 28.4 Å². The SMILES string of the molecule is COC(=O)/C=C/c1ccc(NC(=O)C2(NC(=O)c3ccc4c(C5CCCCC5)c5n(c4c3)CCCc3ocnc3-5)CCCC2)cc1. The van der Waals surface area contributed by atoms with Gasteiger partial charge >= 0.3 is 5.97 Å². The third kappa shape index (κ3) is 5.63. The van der Waals surface area contributed by atoms with Crippen LogP contribution in [0.1, 0.15) is 97.4 Å². The molecule has 2 amide bonds. The lowest BCUT2D eigenvalue weighted by atomic mass is 9.82. The van der Waals surface area contributed by atoms with Crippen molar-refractivity contribution in [1.82, 2.24) is 14.9 Å². The molecule has 0 spiro atoms. The summed E-state index contributed by atoms with van der Waals surface area (Å²) in [6, 6.07) is 13.2. The van der Waals surface area contributed by atoms with Crippen LogP contribution in [0.3, 0.4) is 0 Å². The normalized spacial score (nSPS) is 17.8. The minimum atomic E-state index is -0.992. The summed E-state index contributed by atoms with van der Waals surface area (Å²) in [4.78, 5) is 43.8. The van der Waals surface area contributed by atoms with E-state index in [4.69, 9.17) is 4.42 Å². The van der Waals surface area contributed by atoms with Gasteiger partial charge in [-0.05, 0) is 79.5 Å². The molecule has 2 aromatic carbocycles. The van der Waals surface area contributed by atoms with Gasteiger partial charge in [0.2, 0.25) is 5.91 Å². The number of ether oxygens (including phenoxy) is 1.